The van der Waals surface area contributed by atoms with Gasteiger partial charge in [0, 0.05) is 0 Å². The molecule has 1 aliphatic heterocycles. The molecule has 1 heterocycles. The number of carbonyl (C=O) groups excluding carboxylic acids is 2. The molecule has 0 bridgehead atoms. The molecule has 1 aromatic carbocycles. The minimum Gasteiger partial charge on any atom is -0.464 e. The van der Waals surface area contributed by atoms with E-state index in [1.807, 2.05) is 30.3 Å². The average molecular weight is 291 g/mol. The van der Waals surface area contributed by atoms with Gasteiger partial charge in [-0.2, -0.15) is 0 Å². The van der Waals surface area contributed by atoms with E-state index in [4.69, 9.17) is 9.47 Å². The largest absolute Gasteiger partial charge is 0.464 e. The van der Waals surface area contributed by atoms with Crippen molar-refractivity contribution in [3.05, 3.63) is 35.9 Å². The fourth-order valence-corrected chi connectivity index (χ4v) is 2.24. The molecule has 5 nitrogen and oxygen atoms in total. The summed E-state index contributed by atoms with van der Waals surface area (Å²) in [6, 6.07) is 8.53. The summed E-state index contributed by atoms with van der Waals surface area (Å²) in [7, 11) is 0. The van der Waals surface area contributed by atoms with Crippen LogP contribution in [0.15, 0.2) is 30.3 Å². The molecule has 2 rings (SSSR count). The van der Waals surface area contributed by atoms with Crippen LogP contribution in [0, 0.1) is 0 Å². The Hall–Kier alpha value is -2.04. The Kier molecular flexibility index (Phi) is 4.21. The van der Waals surface area contributed by atoms with E-state index in [0.29, 0.717) is 6.61 Å². The van der Waals surface area contributed by atoms with E-state index in [1.54, 1.807) is 27.7 Å². The van der Waals surface area contributed by atoms with Gasteiger partial charge in [-0.05, 0) is 33.3 Å². The molecule has 1 fully saturated rings. The third-order valence-corrected chi connectivity index (χ3v) is 3.08. The summed E-state index contributed by atoms with van der Waals surface area (Å²) >= 11 is 0. The Bertz CT molecular complexity index is 521. The van der Waals surface area contributed by atoms with Gasteiger partial charge in [0.15, 0.2) is 6.04 Å². The quantitative estimate of drug-likeness (QED) is 0.634. The fourth-order valence-electron chi connectivity index (χ4n) is 2.24. The molecule has 21 heavy (non-hydrogen) atoms. The van der Waals surface area contributed by atoms with Crippen molar-refractivity contribution in [1.82, 2.24) is 4.90 Å². The topological polar surface area (TPSA) is 55.6 Å². The number of benzene rings is 1. The number of nitrogens with zero attached hydrogens (tertiary/aromatic N) is 1. The van der Waals surface area contributed by atoms with Crippen molar-refractivity contribution in [2.24, 2.45) is 0 Å². The Labute approximate surface area is 124 Å². The summed E-state index contributed by atoms with van der Waals surface area (Å²) in [6.45, 7) is 7.43. The van der Waals surface area contributed by atoms with E-state index in [1.165, 1.54) is 4.90 Å². The van der Waals surface area contributed by atoms with Gasteiger partial charge in [-0.1, -0.05) is 30.3 Å². The smallest absolute Gasteiger partial charge is 0.411 e. The van der Waals surface area contributed by atoms with Crippen LogP contribution < -0.4 is 0 Å². The van der Waals surface area contributed by atoms with Crippen molar-refractivity contribution in [3.63, 3.8) is 0 Å². The molecule has 0 aromatic heterocycles. The van der Waals surface area contributed by atoms with Crippen LogP contribution in [0.1, 0.15) is 39.3 Å². The number of amides is 1. The number of esters is 1. The van der Waals surface area contributed by atoms with Gasteiger partial charge in [0.2, 0.25) is 0 Å². The van der Waals surface area contributed by atoms with E-state index in [0.717, 1.165) is 5.56 Å². The predicted molar refractivity (Wildman–Crippen MR) is 77.7 cm³/mol. The van der Waals surface area contributed by atoms with Gasteiger partial charge in [0.05, 0.1) is 12.6 Å². The zero-order chi connectivity index (χ0) is 15.6. The maximum Gasteiger partial charge on any atom is 0.411 e. The van der Waals surface area contributed by atoms with Crippen molar-refractivity contribution in [3.8, 4) is 0 Å². The number of hydrogen-bond donors (Lipinski definition) is 0. The van der Waals surface area contributed by atoms with E-state index >= 15 is 0 Å². The molecular formula is C16H21NO4. The lowest BCUT2D eigenvalue weighted by molar-refractivity contribution is -0.143. The molecule has 0 radical (unpaired) electrons. The third kappa shape index (κ3) is 3.54. The number of rotatable bonds is 3. The summed E-state index contributed by atoms with van der Waals surface area (Å²) in [4.78, 5) is 25.6. The number of carbonyl (C=O) groups is 2. The van der Waals surface area contributed by atoms with E-state index in [-0.39, 0.29) is 6.04 Å². The number of ether oxygens (including phenoxy) is 2. The van der Waals surface area contributed by atoms with Crippen LogP contribution in [0.25, 0.3) is 0 Å². The highest BCUT2D eigenvalue weighted by atomic mass is 16.6. The second-order valence-corrected chi connectivity index (χ2v) is 5.94. The van der Waals surface area contributed by atoms with Gasteiger partial charge in [-0.15, -0.1) is 0 Å². The van der Waals surface area contributed by atoms with Crippen molar-refractivity contribution >= 4 is 12.1 Å². The Morgan fingerprint density at radius 1 is 1.19 bits per heavy atom. The van der Waals surface area contributed by atoms with E-state index < -0.39 is 23.7 Å². The van der Waals surface area contributed by atoms with Crippen LogP contribution in [0.2, 0.25) is 0 Å². The molecule has 2 atom stereocenters. The van der Waals surface area contributed by atoms with E-state index in [9.17, 15) is 9.59 Å². The van der Waals surface area contributed by atoms with E-state index in [2.05, 4.69) is 0 Å². The van der Waals surface area contributed by atoms with Crippen molar-refractivity contribution < 1.29 is 19.1 Å². The Morgan fingerprint density at radius 3 is 2.33 bits per heavy atom. The highest BCUT2D eigenvalue weighted by molar-refractivity contribution is 5.88. The summed E-state index contributed by atoms with van der Waals surface area (Å²) in [5.74, 6) is -0.391. The predicted octanol–water partition coefficient (Wildman–Crippen LogP) is 2.91. The molecule has 5 heteroatoms. The lowest BCUT2D eigenvalue weighted by Gasteiger charge is -2.20. The lowest BCUT2D eigenvalue weighted by atomic mass is 10.1. The highest BCUT2D eigenvalue weighted by Crippen LogP contribution is 2.44. The third-order valence-electron chi connectivity index (χ3n) is 3.08. The first-order valence-corrected chi connectivity index (χ1v) is 7.08. The fraction of sp³-hybridized carbons (Fsp3) is 0.500. The monoisotopic (exact) mass is 291 g/mol. The molecule has 1 saturated heterocycles. The molecule has 1 amide bonds. The number of hydrogen-bond acceptors (Lipinski definition) is 4. The normalized spacial score (nSPS) is 20.9. The molecule has 1 aliphatic rings. The first kappa shape index (κ1) is 15.4. The minimum atomic E-state index is -0.597. The molecule has 1 aromatic rings. The van der Waals surface area contributed by atoms with Gasteiger partial charge in [-0.3, -0.25) is 4.90 Å². The second kappa shape index (κ2) is 5.76. The van der Waals surface area contributed by atoms with Crippen LogP contribution in [0.5, 0.6) is 0 Å². The maximum absolute atomic E-state index is 12.2. The summed E-state index contributed by atoms with van der Waals surface area (Å²) in [6.07, 6.45) is -0.491. The summed E-state index contributed by atoms with van der Waals surface area (Å²) in [5, 5.41) is 0. The van der Waals surface area contributed by atoms with Crippen LogP contribution in [0.3, 0.4) is 0 Å². The standard InChI is InChI=1S/C16H21NO4/c1-5-20-14(18)13-12(11-9-7-6-8-10-11)17(13)15(19)21-16(2,3)4/h6-10,12-13H,5H2,1-4H3/t12-,13+,17?/m1/s1. The highest BCUT2D eigenvalue weighted by Gasteiger charge is 2.58. The second-order valence-electron chi connectivity index (χ2n) is 5.94. The molecule has 0 saturated carbocycles. The first-order chi connectivity index (χ1) is 9.85. The van der Waals surface area contributed by atoms with Crippen molar-refractivity contribution in [2.45, 2.75) is 45.4 Å². The molecular weight excluding hydrogens is 270 g/mol. The zero-order valence-corrected chi connectivity index (χ0v) is 12.8. The summed E-state index contributed by atoms with van der Waals surface area (Å²) in [5.41, 5.74) is 0.307. The molecule has 0 unspecified atom stereocenters. The van der Waals surface area contributed by atoms with Crippen LogP contribution in [0.4, 0.5) is 4.79 Å². The maximum atomic E-state index is 12.2. The minimum absolute atomic E-state index is 0.291. The van der Waals surface area contributed by atoms with Crippen LogP contribution >= 0.6 is 0 Å². The Morgan fingerprint density at radius 2 is 1.81 bits per heavy atom. The lowest BCUT2D eigenvalue weighted by Crippen LogP contribution is -2.29. The molecule has 0 spiro atoms. The van der Waals surface area contributed by atoms with Gasteiger partial charge in [0.25, 0.3) is 0 Å². The zero-order valence-electron chi connectivity index (χ0n) is 12.8. The summed E-state index contributed by atoms with van der Waals surface area (Å²) < 4.78 is 10.4. The van der Waals surface area contributed by atoms with Crippen LogP contribution in [-0.2, 0) is 14.3 Å². The molecule has 0 N–H and O–H groups in total. The van der Waals surface area contributed by atoms with Gasteiger partial charge < -0.3 is 9.47 Å². The van der Waals surface area contributed by atoms with Gasteiger partial charge in [-0.25, -0.2) is 9.59 Å². The van der Waals surface area contributed by atoms with Gasteiger partial charge >= 0.3 is 12.1 Å². The molecule has 114 valence electrons. The van der Waals surface area contributed by atoms with Crippen molar-refractivity contribution in [2.75, 3.05) is 6.61 Å². The van der Waals surface area contributed by atoms with Gasteiger partial charge in [0.1, 0.15) is 5.60 Å². The SMILES string of the molecule is CCOC(=O)[C@@H]1[C@@H](c2ccccc2)N1C(=O)OC(C)(C)C. The molecule has 0 aliphatic carbocycles. The Balaban J connectivity index is 2.17. The average Bonchev–Trinajstić information content (AvgIpc) is 3.13. The van der Waals surface area contributed by atoms with Crippen LogP contribution in [-0.4, -0.2) is 35.2 Å². The van der Waals surface area contributed by atoms with Crippen molar-refractivity contribution in [1.29, 1.82) is 0 Å². The first-order valence-electron chi connectivity index (χ1n) is 7.08.